The zero-order valence-corrected chi connectivity index (χ0v) is 16.6. The Morgan fingerprint density at radius 1 is 1.24 bits per heavy atom. The highest BCUT2D eigenvalue weighted by Crippen LogP contribution is 2.31. The van der Waals surface area contributed by atoms with Gasteiger partial charge < -0.3 is 9.40 Å². The summed E-state index contributed by atoms with van der Waals surface area (Å²) in [7, 11) is 0. The quantitative estimate of drug-likeness (QED) is 0.464. The van der Waals surface area contributed by atoms with E-state index < -0.39 is 6.04 Å². The van der Waals surface area contributed by atoms with E-state index in [-0.39, 0.29) is 5.56 Å². The van der Waals surface area contributed by atoms with E-state index >= 15 is 0 Å². The van der Waals surface area contributed by atoms with Crippen LogP contribution in [-0.4, -0.2) is 30.2 Å². The monoisotopic (exact) mass is 424 g/mol. The number of fused-ring (bicyclic) bond motifs is 1. The smallest absolute Gasteiger partial charge is 0.260 e. The van der Waals surface area contributed by atoms with Crippen molar-refractivity contribution in [3.05, 3.63) is 69.2 Å². The average molecular weight is 425 g/mol. The largest absolute Gasteiger partial charge is 0.464 e. The van der Waals surface area contributed by atoms with E-state index in [0.29, 0.717) is 32.6 Å². The maximum absolute atomic E-state index is 12.8. The number of nitrogens with one attached hydrogen (secondary N) is 1. The minimum absolute atomic E-state index is 0.234. The highest BCUT2D eigenvalue weighted by Gasteiger charge is 2.20. The summed E-state index contributed by atoms with van der Waals surface area (Å²) in [6.07, 6.45) is 1.57. The molecule has 1 aromatic carbocycles. The van der Waals surface area contributed by atoms with E-state index in [0.717, 1.165) is 11.1 Å². The van der Waals surface area contributed by atoms with Gasteiger partial charge in [-0.3, -0.25) is 4.79 Å². The third kappa shape index (κ3) is 3.14. The second-order valence-electron chi connectivity index (χ2n) is 6.37. The molecule has 0 aliphatic rings. The Balaban J connectivity index is 1.51. The van der Waals surface area contributed by atoms with E-state index in [1.54, 1.807) is 24.5 Å². The summed E-state index contributed by atoms with van der Waals surface area (Å²) in [5.41, 5.74) is 1.29. The van der Waals surface area contributed by atoms with E-state index in [4.69, 9.17) is 16.0 Å². The van der Waals surface area contributed by atoms with Crippen molar-refractivity contribution in [2.75, 3.05) is 0 Å². The summed E-state index contributed by atoms with van der Waals surface area (Å²) in [4.78, 5) is 22.3. The van der Waals surface area contributed by atoms with Crippen LogP contribution in [0.1, 0.15) is 18.8 Å². The van der Waals surface area contributed by atoms with Crippen LogP contribution in [0.4, 0.5) is 0 Å². The third-order valence-corrected chi connectivity index (χ3v) is 5.65. The molecule has 1 N–H and O–H groups in total. The molecule has 4 heterocycles. The molecule has 4 aromatic heterocycles. The molecule has 0 amide bonds. The highest BCUT2D eigenvalue weighted by atomic mass is 35.5. The van der Waals surface area contributed by atoms with Crippen LogP contribution in [0.25, 0.3) is 32.9 Å². The SMILES string of the molecule is CC(c1nc2scc(-c3ccco3)c2c(=O)[nH]1)n1nnc(-c2ccc(Cl)cc2)n1. The van der Waals surface area contributed by atoms with E-state index in [1.807, 2.05) is 30.5 Å². The molecule has 29 heavy (non-hydrogen) atoms. The van der Waals surface area contributed by atoms with Crippen LogP contribution in [0.3, 0.4) is 0 Å². The molecule has 0 spiro atoms. The first-order valence-electron chi connectivity index (χ1n) is 8.71. The molecule has 8 nitrogen and oxygen atoms in total. The first kappa shape index (κ1) is 17.8. The fraction of sp³-hybridized carbons (Fsp3) is 0.105. The van der Waals surface area contributed by atoms with Crippen molar-refractivity contribution in [3.8, 4) is 22.7 Å². The van der Waals surface area contributed by atoms with Crippen molar-refractivity contribution in [1.82, 2.24) is 30.2 Å². The van der Waals surface area contributed by atoms with Crippen LogP contribution in [0.5, 0.6) is 0 Å². The minimum Gasteiger partial charge on any atom is -0.464 e. The van der Waals surface area contributed by atoms with Crippen molar-refractivity contribution in [1.29, 1.82) is 0 Å². The summed E-state index contributed by atoms with van der Waals surface area (Å²) in [6, 6.07) is 10.4. The number of rotatable bonds is 4. The first-order chi connectivity index (χ1) is 14.1. The summed E-state index contributed by atoms with van der Waals surface area (Å²) < 4.78 is 5.43. The Kier molecular flexibility index (Phi) is 4.26. The summed E-state index contributed by atoms with van der Waals surface area (Å²) >= 11 is 7.31. The lowest BCUT2D eigenvalue weighted by molar-refractivity contribution is 0.462. The average Bonchev–Trinajstić information content (AvgIpc) is 3.47. The number of nitrogens with zero attached hydrogens (tertiary/aromatic N) is 5. The number of thiophene rings is 1. The van der Waals surface area contributed by atoms with Crippen molar-refractivity contribution in [2.45, 2.75) is 13.0 Å². The standard InChI is InChI=1S/C19H13ClN6O2S/c1-10(26-24-17(23-25-26)11-4-6-12(20)7-5-11)16-21-18(27)15-13(9-29-19(15)22-16)14-3-2-8-28-14/h2-10H,1H3,(H,21,22,27). The number of benzene rings is 1. The number of hydrogen-bond donors (Lipinski definition) is 1. The van der Waals surface area contributed by atoms with Crippen molar-refractivity contribution in [2.24, 2.45) is 0 Å². The number of tetrazole rings is 1. The van der Waals surface area contributed by atoms with Gasteiger partial charge in [0.05, 0.1) is 11.6 Å². The van der Waals surface area contributed by atoms with E-state index in [1.165, 1.54) is 16.1 Å². The van der Waals surface area contributed by atoms with Gasteiger partial charge in [-0.2, -0.15) is 4.80 Å². The first-order valence-corrected chi connectivity index (χ1v) is 9.96. The van der Waals surface area contributed by atoms with Crippen molar-refractivity contribution < 1.29 is 4.42 Å². The fourth-order valence-electron chi connectivity index (χ4n) is 2.99. The van der Waals surface area contributed by atoms with Crippen molar-refractivity contribution in [3.63, 3.8) is 0 Å². The summed E-state index contributed by atoms with van der Waals surface area (Å²) in [5, 5.41) is 15.6. The molecule has 5 aromatic rings. The molecular formula is C19H13ClN6O2S. The Morgan fingerprint density at radius 3 is 2.83 bits per heavy atom. The molecule has 10 heteroatoms. The number of H-pyrrole nitrogens is 1. The number of aromatic amines is 1. The van der Waals surface area contributed by atoms with Gasteiger partial charge in [0.2, 0.25) is 5.82 Å². The van der Waals surface area contributed by atoms with Gasteiger partial charge in [-0.25, -0.2) is 4.98 Å². The van der Waals surface area contributed by atoms with Gasteiger partial charge in [0.1, 0.15) is 22.5 Å². The summed E-state index contributed by atoms with van der Waals surface area (Å²) in [5.74, 6) is 1.55. The predicted molar refractivity (Wildman–Crippen MR) is 110 cm³/mol. The molecule has 5 rings (SSSR count). The lowest BCUT2D eigenvalue weighted by atomic mass is 10.2. The minimum atomic E-state index is -0.408. The van der Waals surface area contributed by atoms with Crippen LogP contribution >= 0.6 is 22.9 Å². The molecule has 0 bridgehead atoms. The number of aromatic nitrogens is 6. The summed E-state index contributed by atoms with van der Waals surface area (Å²) in [6.45, 7) is 1.85. The normalized spacial score (nSPS) is 12.5. The second kappa shape index (κ2) is 6.94. The predicted octanol–water partition coefficient (Wildman–Crippen LogP) is 4.16. The van der Waals surface area contributed by atoms with Crippen LogP contribution in [0.15, 0.2) is 57.3 Å². The molecule has 0 saturated carbocycles. The van der Waals surface area contributed by atoms with Gasteiger partial charge in [-0.1, -0.05) is 11.6 Å². The lowest BCUT2D eigenvalue weighted by Crippen LogP contribution is -2.19. The van der Waals surface area contributed by atoms with Crippen LogP contribution in [0.2, 0.25) is 5.02 Å². The number of halogens is 1. The molecule has 0 radical (unpaired) electrons. The van der Waals surface area contributed by atoms with Crippen LogP contribution in [0, 0.1) is 0 Å². The number of furan rings is 1. The molecule has 1 unspecified atom stereocenters. The maximum Gasteiger partial charge on any atom is 0.260 e. The van der Waals surface area contributed by atoms with Crippen LogP contribution in [-0.2, 0) is 0 Å². The Morgan fingerprint density at radius 2 is 2.07 bits per heavy atom. The molecular weight excluding hydrogens is 412 g/mol. The fourth-order valence-corrected chi connectivity index (χ4v) is 4.05. The van der Waals surface area contributed by atoms with Gasteiger partial charge in [-0.05, 0) is 48.5 Å². The van der Waals surface area contributed by atoms with Crippen molar-refractivity contribution >= 4 is 33.2 Å². The van der Waals surface area contributed by atoms with Gasteiger partial charge in [0, 0.05) is 21.5 Å². The van der Waals surface area contributed by atoms with Crippen LogP contribution < -0.4 is 5.56 Å². The topological polar surface area (TPSA) is 102 Å². The Labute approximate surface area is 172 Å². The lowest BCUT2D eigenvalue weighted by Gasteiger charge is -2.08. The molecule has 0 aliphatic heterocycles. The zero-order chi connectivity index (χ0) is 20.0. The van der Waals surface area contributed by atoms with E-state index in [2.05, 4.69) is 25.4 Å². The molecule has 144 valence electrons. The van der Waals surface area contributed by atoms with Gasteiger partial charge >= 0.3 is 0 Å². The molecule has 0 aliphatic carbocycles. The maximum atomic E-state index is 12.8. The highest BCUT2D eigenvalue weighted by molar-refractivity contribution is 7.17. The molecule has 0 fully saturated rings. The number of hydrogen-bond acceptors (Lipinski definition) is 7. The van der Waals surface area contributed by atoms with Gasteiger partial charge in [0.15, 0.2) is 0 Å². The van der Waals surface area contributed by atoms with E-state index in [9.17, 15) is 4.79 Å². The Hall–Kier alpha value is -3.30. The van der Waals surface area contributed by atoms with Gasteiger partial charge in [0.25, 0.3) is 5.56 Å². The zero-order valence-electron chi connectivity index (χ0n) is 15.0. The van der Waals surface area contributed by atoms with Gasteiger partial charge in [-0.15, -0.1) is 21.5 Å². The Bertz CT molecular complexity index is 1350. The third-order valence-electron chi connectivity index (χ3n) is 4.52. The second-order valence-corrected chi connectivity index (χ2v) is 7.67. The molecule has 0 saturated heterocycles. The molecule has 1 atom stereocenters.